The molecule has 208 valence electrons. The van der Waals surface area contributed by atoms with Crippen LogP contribution in [0.4, 0.5) is 10.1 Å². The monoisotopic (exact) mass is 592 g/mol. The molecule has 1 saturated carbocycles. The lowest BCUT2D eigenvalue weighted by molar-refractivity contribution is -0.138. The van der Waals surface area contributed by atoms with Gasteiger partial charge in [0.15, 0.2) is 9.75 Å². The number of amides is 4. The third kappa shape index (κ3) is 3.20. The molecule has 3 aromatic carbocycles. The van der Waals surface area contributed by atoms with Gasteiger partial charge in [0.1, 0.15) is 11.6 Å². The van der Waals surface area contributed by atoms with E-state index in [-0.39, 0.29) is 41.7 Å². The third-order valence-corrected chi connectivity index (χ3v) is 10.8. The van der Waals surface area contributed by atoms with Gasteiger partial charge >= 0.3 is 0 Å². The highest BCUT2D eigenvalue weighted by Crippen LogP contribution is 2.66. The Morgan fingerprint density at radius 1 is 0.902 bits per heavy atom. The Morgan fingerprint density at radius 3 is 2.34 bits per heavy atom. The van der Waals surface area contributed by atoms with E-state index < -0.39 is 51.1 Å². The molecule has 4 amide bonds. The fraction of sp³-hybridized carbons (Fsp3) is 0.290. The van der Waals surface area contributed by atoms with Crippen molar-refractivity contribution in [1.29, 1.82) is 0 Å². The summed E-state index contributed by atoms with van der Waals surface area (Å²) in [4.78, 5) is 52.7. The predicted molar refractivity (Wildman–Crippen MR) is 150 cm³/mol. The minimum Gasteiger partial charge on any atom is -0.507 e. The molecule has 6 unspecified atom stereocenters. The van der Waals surface area contributed by atoms with Crippen LogP contribution in [0.1, 0.15) is 24.3 Å². The number of fused-ring (bicyclic) bond motifs is 5. The molecule has 2 aliphatic carbocycles. The third-order valence-electron chi connectivity index (χ3n) is 9.36. The summed E-state index contributed by atoms with van der Waals surface area (Å²) in [6, 6.07) is 15.4. The van der Waals surface area contributed by atoms with Gasteiger partial charge in [0.25, 0.3) is 11.8 Å². The van der Waals surface area contributed by atoms with Crippen molar-refractivity contribution in [3.8, 4) is 5.75 Å². The van der Waals surface area contributed by atoms with E-state index in [0.717, 1.165) is 27.3 Å². The van der Waals surface area contributed by atoms with Gasteiger partial charge in [-0.05, 0) is 48.4 Å². The van der Waals surface area contributed by atoms with Crippen molar-refractivity contribution in [2.75, 3.05) is 11.9 Å². The SMILES string of the molecule is CN1C(=O)C2CC=C3C(CC4(Cl)C(=O)N(c5ccc(F)cc5)C(=O)C4(Cl)C3c3ccc4ccccc4c3O)C2C1=O. The molecule has 2 saturated heterocycles. The Kier molecular flexibility index (Phi) is 5.51. The van der Waals surface area contributed by atoms with Gasteiger partial charge < -0.3 is 5.11 Å². The number of benzene rings is 3. The fourth-order valence-electron chi connectivity index (χ4n) is 7.41. The van der Waals surface area contributed by atoms with Crippen LogP contribution in [0.2, 0.25) is 0 Å². The summed E-state index contributed by atoms with van der Waals surface area (Å²) in [6.07, 6.45) is 1.88. The van der Waals surface area contributed by atoms with Gasteiger partial charge in [-0.25, -0.2) is 9.29 Å². The van der Waals surface area contributed by atoms with Gasteiger partial charge in [-0.3, -0.25) is 24.1 Å². The van der Waals surface area contributed by atoms with E-state index in [1.54, 1.807) is 24.3 Å². The zero-order valence-electron chi connectivity index (χ0n) is 21.7. The molecular weight excluding hydrogens is 570 g/mol. The lowest BCUT2D eigenvalue weighted by Gasteiger charge is -2.50. The van der Waals surface area contributed by atoms with Gasteiger partial charge in [0, 0.05) is 23.9 Å². The highest BCUT2D eigenvalue weighted by atomic mass is 35.5. The normalized spacial score (nSPS) is 32.7. The molecule has 6 atom stereocenters. The van der Waals surface area contributed by atoms with Gasteiger partial charge in [0.05, 0.1) is 17.5 Å². The lowest BCUT2D eigenvalue weighted by atomic mass is 9.56. The number of rotatable bonds is 2. The number of imide groups is 2. The van der Waals surface area contributed by atoms with E-state index in [9.17, 15) is 28.7 Å². The molecule has 4 aliphatic rings. The molecule has 41 heavy (non-hydrogen) atoms. The second-order valence-corrected chi connectivity index (χ2v) is 12.5. The topological polar surface area (TPSA) is 95.0 Å². The number of carbonyl (C=O) groups excluding carboxylic acids is 4. The van der Waals surface area contributed by atoms with Crippen molar-refractivity contribution in [3.05, 3.63) is 83.7 Å². The zero-order valence-corrected chi connectivity index (χ0v) is 23.2. The average Bonchev–Trinajstić information content (AvgIpc) is 3.27. The van der Waals surface area contributed by atoms with Crippen molar-refractivity contribution >= 4 is 63.3 Å². The van der Waals surface area contributed by atoms with Crippen LogP contribution in [0.25, 0.3) is 10.8 Å². The summed E-state index contributed by atoms with van der Waals surface area (Å²) in [6.45, 7) is 0. The average molecular weight is 593 g/mol. The van der Waals surface area contributed by atoms with Crippen LogP contribution in [0.15, 0.2) is 72.3 Å². The Labute approximate surface area is 244 Å². The summed E-state index contributed by atoms with van der Waals surface area (Å²) < 4.78 is 13.8. The van der Waals surface area contributed by atoms with E-state index in [0.29, 0.717) is 11.0 Å². The van der Waals surface area contributed by atoms with Crippen LogP contribution in [0, 0.1) is 23.6 Å². The molecule has 3 aromatic rings. The molecule has 2 aliphatic heterocycles. The molecule has 2 heterocycles. The number of phenolic OH excluding ortho intramolecular Hbond substituents is 1. The maximum Gasteiger partial charge on any atom is 0.258 e. The van der Waals surface area contributed by atoms with E-state index >= 15 is 0 Å². The number of nitrogens with zero attached hydrogens (tertiary/aromatic N) is 2. The first-order valence-electron chi connectivity index (χ1n) is 13.2. The van der Waals surface area contributed by atoms with Gasteiger partial charge in [0.2, 0.25) is 11.8 Å². The van der Waals surface area contributed by atoms with E-state index in [1.807, 2.05) is 18.2 Å². The number of aromatic hydroxyl groups is 1. The van der Waals surface area contributed by atoms with E-state index in [2.05, 4.69) is 0 Å². The van der Waals surface area contributed by atoms with Crippen LogP contribution < -0.4 is 4.90 Å². The highest BCUT2D eigenvalue weighted by Gasteiger charge is 2.76. The Balaban J connectivity index is 1.48. The molecular formula is C31H23Cl2FN2O5. The van der Waals surface area contributed by atoms with Gasteiger partial charge in [-0.2, -0.15) is 0 Å². The van der Waals surface area contributed by atoms with E-state index in [1.165, 1.54) is 19.2 Å². The number of hydrogen-bond acceptors (Lipinski definition) is 5. The number of halogens is 3. The first kappa shape index (κ1) is 26.2. The lowest BCUT2D eigenvalue weighted by Crippen LogP contribution is -2.60. The van der Waals surface area contributed by atoms with Gasteiger partial charge in [-0.15, -0.1) is 23.2 Å². The van der Waals surface area contributed by atoms with Gasteiger partial charge in [-0.1, -0.05) is 48.0 Å². The molecule has 10 heteroatoms. The van der Waals surface area contributed by atoms with Crippen LogP contribution >= 0.6 is 23.2 Å². The number of hydrogen-bond donors (Lipinski definition) is 1. The number of allylic oxidation sites excluding steroid dienone is 2. The van der Waals surface area contributed by atoms with Crippen molar-refractivity contribution in [2.24, 2.45) is 17.8 Å². The second-order valence-electron chi connectivity index (χ2n) is 11.2. The minimum atomic E-state index is -2.10. The summed E-state index contributed by atoms with van der Waals surface area (Å²) in [5.41, 5.74) is 0.964. The van der Waals surface area contributed by atoms with Crippen molar-refractivity contribution in [2.45, 2.75) is 28.5 Å². The molecule has 0 bridgehead atoms. The van der Waals surface area contributed by atoms with Crippen molar-refractivity contribution < 1.29 is 28.7 Å². The van der Waals surface area contributed by atoms with Crippen LogP contribution in [-0.4, -0.2) is 50.4 Å². The number of anilines is 1. The molecule has 1 N–H and O–H groups in total. The fourth-order valence-corrected chi connectivity index (χ4v) is 8.33. The molecule has 7 rings (SSSR count). The number of likely N-dealkylation sites (tertiary alicyclic amines) is 1. The van der Waals surface area contributed by atoms with Crippen molar-refractivity contribution in [1.82, 2.24) is 4.90 Å². The first-order chi connectivity index (χ1) is 19.5. The minimum absolute atomic E-state index is 0.0963. The predicted octanol–water partition coefficient (Wildman–Crippen LogP) is 4.88. The smallest absolute Gasteiger partial charge is 0.258 e. The van der Waals surface area contributed by atoms with Crippen LogP contribution in [0.3, 0.4) is 0 Å². The maximum atomic E-state index is 14.3. The molecule has 0 radical (unpaired) electrons. The largest absolute Gasteiger partial charge is 0.507 e. The molecule has 7 nitrogen and oxygen atoms in total. The summed E-state index contributed by atoms with van der Waals surface area (Å²) in [5.74, 6) is -6.21. The molecule has 3 fully saturated rings. The van der Waals surface area contributed by atoms with E-state index in [4.69, 9.17) is 23.2 Å². The first-order valence-corrected chi connectivity index (χ1v) is 14.0. The summed E-state index contributed by atoms with van der Waals surface area (Å²) in [5, 5.41) is 12.9. The highest BCUT2D eigenvalue weighted by molar-refractivity contribution is 6.58. The standard InChI is InChI=1S/C31H23Cl2FN2O5/c1-35-26(38)20-13-12-19-22(23(20)27(35)39)14-30(32)28(40)36(17-9-7-16(34)8-10-17)29(41)31(30,33)24(19)21-11-6-15-4-2-3-5-18(15)25(21)37/h2-12,20,22-24,37H,13-14H2,1H3. The number of alkyl halides is 2. The number of carbonyl (C=O) groups is 4. The Hall–Kier alpha value is -3.75. The molecule has 0 spiro atoms. The summed E-state index contributed by atoms with van der Waals surface area (Å²) >= 11 is 14.6. The second kappa shape index (κ2) is 8.63. The van der Waals surface area contributed by atoms with Crippen molar-refractivity contribution in [3.63, 3.8) is 0 Å². The maximum absolute atomic E-state index is 14.3. The molecule has 0 aromatic heterocycles. The number of phenols is 1. The van der Waals surface area contributed by atoms with Crippen LogP contribution in [0.5, 0.6) is 5.75 Å². The Morgan fingerprint density at radius 2 is 1.61 bits per heavy atom. The zero-order chi connectivity index (χ0) is 29.0. The Bertz CT molecular complexity index is 1740. The quantitative estimate of drug-likeness (QED) is 0.260. The summed E-state index contributed by atoms with van der Waals surface area (Å²) in [7, 11) is 1.43. The van der Waals surface area contributed by atoms with Crippen LogP contribution in [-0.2, 0) is 19.2 Å².